The third-order valence-electron chi connectivity index (χ3n) is 5.20. The molecule has 0 spiro atoms. The lowest BCUT2D eigenvalue weighted by atomic mass is 9.61. The van der Waals surface area contributed by atoms with Gasteiger partial charge in [0.25, 0.3) is 0 Å². The molecule has 2 unspecified atom stereocenters. The summed E-state index contributed by atoms with van der Waals surface area (Å²) in [5.74, 6) is 0.150. The second-order valence-electron chi connectivity index (χ2n) is 8.05. The Bertz CT molecular complexity index is 731. The van der Waals surface area contributed by atoms with Crippen molar-refractivity contribution in [3.05, 3.63) is 53.1 Å². The first-order chi connectivity index (χ1) is 11.8. The van der Waals surface area contributed by atoms with Gasteiger partial charge in [0.1, 0.15) is 18.3 Å². The molecule has 0 radical (unpaired) electrons. The van der Waals surface area contributed by atoms with E-state index < -0.39 is 5.60 Å². The minimum atomic E-state index is -0.941. The third kappa shape index (κ3) is 3.96. The van der Waals surface area contributed by atoms with E-state index in [4.69, 9.17) is 11.6 Å². The van der Waals surface area contributed by atoms with Crippen LogP contribution in [0.2, 0.25) is 5.02 Å². The molecule has 1 fully saturated rings. The summed E-state index contributed by atoms with van der Waals surface area (Å²) >= 11 is 6.00. The van der Waals surface area contributed by atoms with Crippen molar-refractivity contribution >= 4 is 17.7 Å². The van der Waals surface area contributed by atoms with Crippen molar-refractivity contribution < 1.29 is 5.11 Å². The number of rotatable bonds is 3. The first-order valence-corrected chi connectivity index (χ1v) is 9.18. The van der Waals surface area contributed by atoms with E-state index in [9.17, 15) is 5.11 Å². The van der Waals surface area contributed by atoms with Gasteiger partial charge in [-0.3, -0.25) is 0 Å². The van der Waals surface area contributed by atoms with Crippen LogP contribution >= 0.6 is 11.6 Å². The first kappa shape index (κ1) is 18.2. The van der Waals surface area contributed by atoms with Crippen molar-refractivity contribution in [3.8, 4) is 0 Å². The van der Waals surface area contributed by atoms with E-state index in [2.05, 4.69) is 36.9 Å². The maximum atomic E-state index is 11.8. The van der Waals surface area contributed by atoms with Crippen molar-refractivity contribution in [2.24, 2.45) is 11.3 Å². The fourth-order valence-corrected chi connectivity index (χ4v) is 4.18. The molecule has 25 heavy (non-hydrogen) atoms. The molecule has 0 amide bonds. The summed E-state index contributed by atoms with van der Waals surface area (Å²) in [5, 5.41) is 16.8. The second kappa shape index (κ2) is 6.93. The van der Waals surface area contributed by atoms with Crippen molar-refractivity contribution in [3.63, 3.8) is 0 Å². The number of hydrogen-bond acceptors (Lipinski definition) is 3. The highest BCUT2D eigenvalue weighted by Gasteiger charge is 2.48. The molecule has 1 saturated carbocycles. The van der Waals surface area contributed by atoms with Crippen LogP contribution in [0.3, 0.4) is 0 Å². The van der Waals surface area contributed by atoms with Gasteiger partial charge in [-0.05, 0) is 53.9 Å². The third-order valence-corrected chi connectivity index (χ3v) is 5.45. The van der Waals surface area contributed by atoms with E-state index in [0.29, 0.717) is 6.54 Å². The van der Waals surface area contributed by atoms with Gasteiger partial charge in [-0.2, -0.15) is 5.10 Å². The summed E-state index contributed by atoms with van der Waals surface area (Å²) in [6, 6.07) is 7.75. The van der Waals surface area contributed by atoms with Crippen molar-refractivity contribution in [1.82, 2.24) is 14.8 Å². The Hall–Kier alpha value is -1.65. The summed E-state index contributed by atoms with van der Waals surface area (Å²) in [7, 11) is 0. The predicted molar refractivity (Wildman–Crippen MR) is 101 cm³/mol. The van der Waals surface area contributed by atoms with Crippen molar-refractivity contribution in [1.29, 1.82) is 0 Å². The minimum absolute atomic E-state index is 0.00512. The molecule has 4 nitrogen and oxygen atoms in total. The molecule has 2 aromatic rings. The van der Waals surface area contributed by atoms with Gasteiger partial charge in [-0.25, -0.2) is 9.67 Å². The molecular formula is C20H26ClN3O. The summed E-state index contributed by atoms with van der Waals surface area (Å²) in [6.45, 7) is 7.04. The standard InChI is InChI=1S/C20H26ClN3O/c1-19(2,3)18-6-4-5-16(11-15-7-9-17(21)10-8-15)20(18,25)12-24-14-22-13-23-24/h7-11,13-14,18,25H,4-6,12H2,1-3H3. The van der Waals surface area contributed by atoms with E-state index in [-0.39, 0.29) is 11.3 Å². The smallest absolute Gasteiger partial charge is 0.137 e. The van der Waals surface area contributed by atoms with Gasteiger partial charge in [0.05, 0.1) is 6.54 Å². The zero-order chi connectivity index (χ0) is 18.1. The average molecular weight is 360 g/mol. The number of halogens is 1. The highest BCUT2D eigenvalue weighted by Crippen LogP contribution is 2.48. The lowest BCUT2D eigenvalue weighted by Gasteiger charge is -2.48. The fraction of sp³-hybridized carbons (Fsp3) is 0.500. The van der Waals surface area contributed by atoms with Crippen molar-refractivity contribution in [2.75, 3.05) is 0 Å². The van der Waals surface area contributed by atoms with E-state index in [1.807, 2.05) is 24.3 Å². The Kier molecular flexibility index (Phi) is 5.03. The van der Waals surface area contributed by atoms with Crippen molar-refractivity contribution in [2.45, 2.75) is 52.2 Å². The van der Waals surface area contributed by atoms with E-state index in [1.54, 1.807) is 11.0 Å². The number of aliphatic hydroxyl groups is 1. The number of benzene rings is 1. The lowest BCUT2D eigenvalue weighted by Crippen LogP contribution is -2.51. The highest BCUT2D eigenvalue weighted by atomic mass is 35.5. The molecule has 3 rings (SSSR count). The molecule has 5 heteroatoms. The molecule has 0 aliphatic heterocycles. The van der Waals surface area contributed by atoms with Gasteiger partial charge in [-0.1, -0.05) is 50.6 Å². The van der Waals surface area contributed by atoms with Gasteiger partial charge in [0.2, 0.25) is 0 Å². The van der Waals surface area contributed by atoms with E-state index in [0.717, 1.165) is 35.4 Å². The molecule has 1 heterocycles. The topological polar surface area (TPSA) is 50.9 Å². The van der Waals surface area contributed by atoms with E-state index >= 15 is 0 Å². The number of nitrogens with zero attached hydrogens (tertiary/aromatic N) is 3. The first-order valence-electron chi connectivity index (χ1n) is 8.80. The largest absolute Gasteiger partial charge is 0.383 e. The second-order valence-corrected chi connectivity index (χ2v) is 8.49. The molecule has 1 N–H and O–H groups in total. The maximum absolute atomic E-state index is 11.8. The van der Waals surface area contributed by atoms with Crippen LogP contribution in [0.5, 0.6) is 0 Å². The summed E-state index contributed by atoms with van der Waals surface area (Å²) in [4.78, 5) is 4.03. The highest BCUT2D eigenvalue weighted by molar-refractivity contribution is 6.30. The minimum Gasteiger partial charge on any atom is -0.383 e. The van der Waals surface area contributed by atoms with Crippen LogP contribution in [-0.2, 0) is 6.54 Å². The summed E-state index contributed by atoms with van der Waals surface area (Å²) < 4.78 is 1.74. The van der Waals surface area contributed by atoms with Crippen LogP contribution < -0.4 is 0 Å². The number of hydrogen-bond donors (Lipinski definition) is 1. The average Bonchev–Trinajstić information content (AvgIpc) is 3.03. The van der Waals surface area contributed by atoms with Crippen LogP contribution in [0.4, 0.5) is 0 Å². The van der Waals surface area contributed by atoms with Crippen LogP contribution in [0.15, 0.2) is 42.5 Å². The predicted octanol–water partition coefficient (Wildman–Crippen LogP) is 4.59. The zero-order valence-electron chi connectivity index (χ0n) is 15.1. The fourth-order valence-electron chi connectivity index (χ4n) is 4.06. The molecule has 2 atom stereocenters. The Labute approximate surface area is 154 Å². The lowest BCUT2D eigenvalue weighted by molar-refractivity contribution is -0.0642. The molecule has 1 aliphatic carbocycles. The van der Waals surface area contributed by atoms with Gasteiger partial charge in [0.15, 0.2) is 0 Å². The SMILES string of the molecule is CC(C)(C)C1CCCC(=Cc2ccc(Cl)cc2)C1(O)Cn1cncn1. The Balaban J connectivity index is 2.02. The normalized spacial score (nSPS) is 26.1. The quantitative estimate of drug-likeness (QED) is 0.871. The number of aromatic nitrogens is 3. The van der Waals surface area contributed by atoms with Gasteiger partial charge < -0.3 is 5.11 Å². The van der Waals surface area contributed by atoms with Crippen LogP contribution in [-0.4, -0.2) is 25.5 Å². The van der Waals surface area contributed by atoms with Gasteiger partial charge >= 0.3 is 0 Å². The van der Waals surface area contributed by atoms with Crippen LogP contribution in [0, 0.1) is 11.3 Å². The molecule has 0 bridgehead atoms. The molecule has 1 aromatic carbocycles. The molecule has 1 aromatic heterocycles. The Morgan fingerprint density at radius 2 is 2.04 bits per heavy atom. The summed E-state index contributed by atoms with van der Waals surface area (Å²) in [6.07, 6.45) is 8.28. The summed E-state index contributed by atoms with van der Waals surface area (Å²) in [5.41, 5.74) is 1.18. The zero-order valence-corrected chi connectivity index (χ0v) is 15.9. The van der Waals surface area contributed by atoms with Gasteiger partial charge in [-0.15, -0.1) is 0 Å². The maximum Gasteiger partial charge on any atom is 0.137 e. The van der Waals surface area contributed by atoms with Crippen LogP contribution in [0.1, 0.15) is 45.6 Å². The monoisotopic (exact) mass is 359 g/mol. The van der Waals surface area contributed by atoms with E-state index in [1.165, 1.54) is 6.33 Å². The van der Waals surface area contributed by atoms with Gasteiger partial charge in [0, 0.05) is 5.02 Å². The molecule has 0 saturated heterocycles. The Morgan fingerprint density at radius 3 is 2.64 bits per heavy atom. The molecule has 1 aliphatic rings. The molecule has 134 valence electrons. The molecular weight excluding hydrogens is 334 g/mol. The van der Waals surface area contributed by atoms with Crippen LogP contribution in [0.25, 0.3) is 6.08 Å². The Morgan fingerprint density at radius 1 is 1.32 bits per heavy atom.